The Bertz CT molecular complexity index is 658. The number of anilines is 1. The second kappa shape index (κ2) is 6.59. The van der Waals surface area contributed by atoms with Crippen LogP contribution in [0, 0.1) is 0 Å². The maximum absolute atomic E-state index is 12.0. The molecule has 20 heavy (non-hydrogen) atoms. The minimum atomic E-state index is -0.210. The van der Waals surface area contributed by atoms with Gasteiger partial charge in [-0.1, -0.05) is 47.6 Å². The van der Waals surface area contributed by atoms with Crippen LogP contribution in [0.25, 0.3) is 0 Å². The Balaban J connectivity index is 2.01. The van der Waals surface area contributed by atoms with E-state index in [4.69, 9.17) is 17.3 Å². The molecule has 0 fully saturated rings. The molecule has 5 heteroatoms. The van der Waals surface area contributed by atoms with Crippen LogP contribution >= 0.6 is 23.4 Å². The summed E-state index contributed by atoms with van der Waals surface area (Å²) in [5.74, 6) is -0.0756. The average Bonchev–Trinajstić information content (AvgIpc) is 2.45. The number of carbonyl (C=O) groups is 2. The molecule has 0 aliphatic carbocycles. The molecule has 0 aliphatic heterocycles. The van der Waals surface area contributed by atoms with Crippen molar-refractivity contribution < 1.29 is 9.59 Å². The maximum atomic E-state index is 12.0. The van der Waals surface area contributed by atoms with Crippen LogP contribution < -0.4 is 5.73 Å². The number of hydrogen-bond acceptors (Lipinski definition) is 4. The number of ketones is 1. The number of Topliss-reactive ketones (excluding diaryl/α,β-unsaturated/α-hetero) is 1. The minimum Gasteiger partial charge on any atom is -0.398 e. The van der Waals surface area contributed by atoms with Crippen molar-refractivity contribution in [2.45, 2.75) is 0 Å². The molecule has 102 valence electrons. The number of thioether (sulfide) groups is 1. The van der Waals surface area contributed by atoms with Gasteiger partial charge in [-0.3, -0.25) is 9.59 Å². The van der Waals surface area contributed by atoms with Crippen molar-refractivity contribution in [2.75, 3.05) is 11.5 Å². The molecule has 0 spiro atoms. The number of nitrogen functional groups attached to an aromatic ring is 1. The first-order valence-electron chi connectivity index (χ1n) is 5.88. The van der Waals surface area contributed by atoms with Crippen LogP contribution in [-0.2, 0) is 0 Å². The predicted molar refractivity (Wildman–Crippen MR) is 83.4 cm³/mol. The summed E-state index contributed by atoms with van der Waals surface area (Å²) in [6, 6.07) is 13.5. The fourth-order valence-corrected chi connectivity index (χ4v) is 2.60. The van der Waals surface area contributed by atoms with E-state index < -0.39 is 0 Å². The molecule has 0 amide bonds. The fourth-order valence-electron chi connectivity index (χ4n) is 1.64. The lowest BCUT2D eigenvalue weighted by atomic mass is 10.1. The van der Waals surface area contributed by atoms with Gasteiger partial charge < -0.3 is 5.73 Å². The van der Waals surface area contributed by atoms with E-state index in [0.717, 1.165) is 11.8 Å². The van der Waals surface area contributed by atoms with E-state index in [-0.39, 0.29) is 16.7 Å². The number of hydrogen-bond donors (Lipinski definition) is 1. The Morgan fingerprint density at radius 2 is 1.85 bits per heavy atom. The van der Waals surface area contributed by atoms with Gasteiger partial charge in [0.25, 0.3) is 0 Å². The predicted octanol–water partition coefficient (Wildman–Crippen LogP) is 3.68. The molecule has 2 rings (SSSR count). The zero-order valence-corrected chi connectivity index (χ0v) is 12.1. The minimum absolute atomic E-state index is 0.0630. The smallest absolute Gasteiger partial charge is 0.221 e. The monoisotopic (exact) mass is 305 g/mol. The van der Waals surface area contributed by atoms with Crippen molar-refractivity contribution in [3.63, 3.8) is 0 Å². The first-order valence-corrected chi connectivity index (χ1v) is 7.24. The van der Waals surface area contributed by atoms with Gasteiger partial charge in [0.15, 0.2) is 5.78 Å². The van der Waals surface area contributed by atoms with Crippen molar-refractivity contribution >= 4 is 39.9 Å². The van der Waals surface area contributed by atoms with E-state index in [1.807, 2.05) is 0 Å². The number of halogens is 1. The van der Waals surface area contributed by atoms with Gasteiger partial charge in [0, 0.05) is 16.3 Å². The molecule has 0 bridgehead atoms. The molecular formula is C15H12ClNO2S. The Labute approximate surface area is 126 Å². The van der Waals surface area contributed by atoms with Crippen molar-refractivity contribution in [3.8, 4) is 0 Å². The van der Waals surface area contributed by atoms with E-state index in [1.165, 1.54) is 0 Å². The Morgan fingerprint density at radius 3 is 2.55 bits per heavy atom. The Kier molecular flexibility index (Phi) is 4.82. The molecule has 2 N–H and O–H groups in total. The molecule has 0 heterocycles. The number of carbonyl (C=O) groups excluding carboxylic acids is 2. The molecule has 0 radical (unpaired) electrons. The number of benzene rings is 2. The van der Waals surface area contributed by atoms with Gasteiger partial charge in [-0.15, -0.1) is 0 Å². The lowest BCUT2D eigenvalue weighted by Gasteiger charge is -2.04. The second-order valence-corrected chi connectivity index (χ2v) is 5.48. The SMILES string of the molecule is Nc1ccccc1C(=O)SCC(=O)c1cccc(Cl)c1. The highest BCUT2D eigenvalue weighted by Crippen LogP contribution is 2.20. The third-order valence-corrected chi connectivity index (χ3v) is 3.79. The maximum Gasteiger partial charge on any atom is 0.221 e. The van der Waals surface area contributed by atoms with E-state index >= 15 is 0 Å². The zero-order valence-electron chi connectivity index (χ0n) is 10.5. The summed E-state index contributed by atoms with van der Waals surface area (Å²) in [4.78, 5) is 23.9. The first kappa shape index (κ1) is 14.6. The van der Waals surface area contributed by atoms with Crippen LogP contribution in [0.4, 0.5) is 5.69 Å². The topological polar surface area (TPSA) is 60.2 Å². The lowest BCUT2D eigenvalue weighted by Crippen LogP contribution is -2.06. The van der Waals surface area contributed by atoms with E-state index in [0.29, 0.717) is 21.8 Å². The van der Waals surface area contributed by atoms with Crippen molar-refractivity contribution in [1.82, 2.24) is 0 Å². The summed E-state index contributed by atoms with van der Waals surface area (Å²) in [5.41, 5.74) is 7.07. The van der Waals surface area contributed by atoms with Gasteiger partial charge in [0.05, 0.1) is 11.3 Å². The molecule has 0 atom stereocenters. The van der Waals surface area contributed by atoms with E-state index in [1.54, 1.807) is 48.5 Å². The molecular weight excluding hydrogens is 294 g/mol. The summed E-state index contributed by atoms with van der Waals surface area (Å²) < 4.78 is 0. The molecule has 0 saturated heterocycles. The van der Waals surface area contributed by atoms with Crippen LogP contribution in [0.2, 0.25) is 5.02 Å². The highest BCUT2D eigenvalue weighted by molar-refractivity contribution is 8.14. The summed E-state index contributed by atoms with van der Waals surface area (Å²) in [6.07, 6.45) is 0. The summed E-state index contributed by atoms with van der Waals surface area (Å²) in [6.45, 7) is 0. The molecule has 2 aromatic rings. The van der Waals surface area contributed by atoms with Crippen LogP contribution in [0.15, 0.2) is 48.5 Å². The Morgan fingerprint density at radius 1 is 1.10 bits per heavy atom. The van der Waals surface area contributed by atoms with Crippen molar-refractivity contribution in [1.29, 1.82) is 0 Å². The molecule has 0 saturated carbocycles. The average molecular weight is 306 g/mol. The molecule has 2 aromatic carbocycles. The summed E-state index contributed by atoms with van der Waals surface area (Å²) in [5, 5.41) is 0.290. The highest BCUT2D eigenvalue weighted by atomic mass is 35.5. The van der Waals surface area contributed by atoms with Gasteiger partial charge in [0.1, 0.15) is 0 Å². The number of rotatable bonds is 4. The molecule has 0 aliphatic rings. The van der Waals surface area contributed by atoms with Crippen molar-refractivity contribution in [2.24, 2.45) is 0 Å². The number of nitrogens with two attached hydrogens (primary N) is 1. The fraction of sp³-hybridized carbons (Fsp3) is 0.0667. The largest absolute Gasteiger partial charge is 0.398 e. The summed E-state index contributed by atoms with van der Waals surface area (Å²) >= 11 is 6.77. The van der Waals surface area contributed by atoms with E-state index in [9.17, 15) is 9.59 Å². The molecule has 3 nitrogen and oxygen atoms in total. The second-order valence-electron chi connectivity index (χ2n) is 4.10. The van der Waals surface area contributed by atoms with Gasteiger partial charge >= 0.3 is 0 Å². The molecule has 0 aromatic heterocycles. The van der Waals surface area contributed by atoms with Gasteiger partial charge in [0.2, 0.25) is 5.12 Å². The zero-order chi connectivity index (χ0) is 14.5. The van der Waals surface area contributed by atoms with Crippen LogP contribution in [-0.4, -0.2) is 16.7 Å². The quantitative estimate of drug-likeness (QED) is 0.691. The van der Waals surface area contributed by atoms with Gasteiger partial charge in [-0.05, 0) is 24.3 Å². The van der Waals surface area contributed by atoms with Gasteiger partial charge in [-0.25, -0.2) is 0 Å². The third-order valence-electron chi connectivity index (χ3n) is 2.66. The molecule has 0 unspecified atom stereocenters. The number of para-hydroxylation sites is 1. The lowest BCUT2D eigenvalue weighted by molar-refractivity contribution is 0.101. The first-order chi connectivity index (χ1) is 9.58. The van der Waals surface area contributed by atoms with Crippen LogP contribution in [0.5, 0.6) is 0 Å². The van der Waals surface area contributed by atoms with Crippen molar-refractivity contribution in [3.05, 3.63) is 64.7 Å². The van der Waals surface area contributed by atoms with E-state index in [2.05, 4.69) is 0 Å². The van der Waals surface area contributed by atoms with Gasteiger partial charge in [-0.2, -0.15) is 0 Å². The van der Waals surface area contributed by atoms with Crippen LogP contribution in [0.1, 0.15) is 20.7 Å². The van der Waals surface area contributed by atoms with Crippen LogP contribution in [0.3, 0.4) is 0 Å². The summed E-state index contributed by atoms with van der Waals surface area (Å²) in [7, 11) is 0. The standard InChI is InChI=1S/C15H12ClNO2S/c16-11-5-3-4-10(8-11)14(18)9-20-15(19)12-6-1-2-7-13(12)17/h1-8H,9,17H2. The third kappa shape index (κ3) is 3.62. The highest BCUT2D eigenvalue weighted by Gasteiger charge is 2.13. The normalized spacial score (nSPS) is 10.2. The Hall–Kier alpha value is -1.78.